The van der Waals surface area contributed by atoms with Gasteiger partial charge in [0.1, 0.15) is 0 Å². The van der Waals surface area contributed by atoms with Gasteiger partial charge in [0, 0.05) is 24.5 Å². The number of nitrogens with one attached hydrogen (secondary N) is 2. The van der Waals surface area contributed by atoms with Crippen LogP contribution in [0, 0.1) is 0 Å². The molecule has 0 aliphatic carbocycles. The van der Waals surface area contributed by atoms with Crippen LogP contribution in [0.15, 0.2) is 24.3 Å². The Hall–Kier alpha value is -0.520. The summed E-state index contributed by atoms with van der Waals surface area (Å²) in [5.41, 5.74) is 1.03. The van der Waals surface area contributed by atoms with Gasteiger partial charge in [-0.3, -0.25) is 4.79 Å². The standard InChI is InChI=1S/C14H22ClN3O.2ClH/c1-16-9-8-14(19)17-10-13(18(2)3)11-6-4-5-7-12(11)15;;/h4-7,13,16H,8-10H2,1-3H3,(H,17,19);2*1H. The van der Waals surface area contributed by atoms with Crippen LogP contribution in [0.25, 0.3) is 0 Å². The minimum absolute atomic E-state index is 0. The van der Waals surface area contributed by atoms with Crippen LogP contribution in [0.4, 0.5) is 0 Å². The highest BCUT2D eigenvalue weighted by atomic mass is 35.5. The van der Waals surface area contributed by atoms with Crippen molar-refractivity contribution >= 4 is 42.3 Å². The molecule has 0 saturated heterocycles. The molecule has 1 unspecified atom stereocenters. The van der Waals surface area contributed by atoms with Gasteiger partial charge in [0.2, 0.25) is 5.91 Å². The van der Waals surface area contributed by atoms with E-state index in [0.717, 1.165) is 10.6 Å². The molecule has 0 spiro atoms. The van der Waals surface area contributed by atoms with Gasteiger partial charge in [0.15, 0.2) is 0 Å². The first-order chi connectivity index (χ1) is 9.06. The van der Waals surface area contributed by atoms with E-state index in [4.69, 9.17) is 11.6 Å². The van der Waals surface area contributed by atoms with E-state index in [1.54, 1.807) is 0 Å². The van der Waals surface area contributed by atoms with Crippen molar-refractivity contribution in [3.8, 4) is 0 Å². The molecule has 0 heterocycles. The SMILES string of the molecule is CNCCC(=O)NCC(c1ccccc1Cl)N(C)C.Cl.Cl. The number of nitrogens with zero attached hydrogens (tertiary/aromatic N) is 1. The first kappa shape index (κ1) is 22.8. The van der Waals surface area contributed by atoms with Crippen LogP contribution in [0.2, 0.25) is 5.02 Å². The van der Waals surface area contributed by atoms with Crippen molar-refractivity contribution in [2.24, 2.45) is 0 Å². The number of carbonyl (C=O) groups excluding carboxylic acids is 1. The van der Waals surface area contributed by atoms with Gasteiger partial charge in [-0.1, -0.05) is 29.8 Å². The predicted octanol–water partition coefficient (Wildman–Crippen LogP) is 2.51. The van der Waals surface area contributed by atoms with Crippen LogP contribution in [-0.2, 0) is 4.79 Å². The molecule has 0 radical (unpaired) electrons. The molecule has 0 bridgehead atoms. The van der Waals surface area contributed by atoms with Crippen LogP contribution >= 0.6 is 36.4 Å². The van der Waals surface area contributed by atoms with E-state index in [0.29, 0.717) is 19.5 Å². The van der Waals surface area contributed by atoms with E-state index in [1.807, 2.05) is 45.4 Å². The van der Waals surface area contributed by atoms with Gasteiger partial charge >= 0.3 is 0 Å². The zero-order valence-electron chi connectivity index (χ0n) is 12.6. The molecule has 21 heavy (non-hydrogen) atoms. The molecule has 0 aromatic heterocycles. The summed E-state index contributed by atoms with van der Waals surface area (Å²) in [4.78, 5) is 13.7. The van der Waals surface area contributed by atoms with Crippen LogP contribution in [-0.4, -0.2) is 45.0 Å². The van der Waals surface area contributed by atoms with Crippen molar-refractivity contribution in [1.29, 1.82) is 0 Å². The maximum absolute atomic E-state index is 11.6. The van der Waals surface area contributed by atoms with Gasteiger partial charge in [0.25, 0.3) is 0 Å². The van der Waals surface area contributed by atoms with Crippen LogP contribution < -0.4 is 10.6 Å². The zero-order valence-corrected chi connectivity index (χ0v) is 14.9. The summed E-state index contributed by atoms with van der Waals surface area (Å²) >= 11 is 6.21. The molecular weight excluding hydrogens is 333 g/mol. The van der Waals surface area contributed by atoms with Crippen LogP contribution in [0.1, 0.15) is 18.0 Å². The first-order valence-corrected chi connectivity index (χ1v) is 6.76. The van der Waals surface area contributed by atoms with Crippen molar-refractivity contribution in [2.45, 2.75) is 12.5 Å². The Bertz CT molecular complexity index is 416. The Labute approximate surface area is 144 Å². The van der Waals surface area contributed by atoms with Crippen LogP contribution in [0.3, 0.4) is 0 Å². The number of hydrogen-bond donors (Lipinski definition) is 2. The van der Waals surface area contributed by atoms with Crippen molar-refractivity contribution in [1.82, 2.24) is 15.5 Å². The summed E-state index contributed by atoms with van der Waals surface area (Å²) in [6, 6.07) is 7.81. The third kappa shape index (κ3) is 7.88. The molecule has 1 amide bonds. The number of halogens is 3. The molecule has 7 heteroatoms. The predicted molar refractivity (Wildman–Crippen MR) is 93.9 cm³/mol. The summed E-state index contributed by atoms with van der Waals surface area (Å²) < 4.78 is 0. The summed E-state index contributed by atoms with van der Waals surface area (Å²) in [7, 11) is 5.79. The highest BCUT2D eigenvalue weighted by Crippen LogP contribution is 2.25. The highest BCUT2D eigenvalue weighted by molar-refractivity contribution is 6.31. The topological polar surface area (TPSA) is 44.4 Å². The average Bonchev–Trinajstić information content (AvgIpc) is 2.38. The Morgan fingerprint density at radius 3 is 2.43 bits per heavy atom. The van der Waals surface area contributed by atoms with E-state index >= 15 is 0 Å². The highest BCUT2D eigenvalue weighted by Gasteiger charge is 2.17. The van der Waals surface area contributed by atoms with Gasteiger partial charge in [-0.15, -0.1) is 24.8 Å². The molecule has 1 aromatic rings. The number of rotatable bonds is 7. The normalized spacial score (nSPS) is 11.3. The number of amides is 1. The molecule has 4 nitrogen and oxygen atoms in total. The summed E-state index contributed by atoms with van der Waals surface area (Å²) in [5, 5.41) is 6.63. The summed E-state index contributed by atoms with van der Waals surface area (Å²) in [6.45, 7) is 1.24. The van der Waals surface area contributed by atoms with Crippen molar-refractivity contribution < 1.29 is 4.79 Å². The minimum atomic E-state index is 0. The van der Waals surface area contributed by atoms with Crippen molar-refractivity contribution in [3.63, 3.8) is 0 Å². The second-order valence-corrected chi connectivity index (χ2v) is 5.07. The van der Waals surface area contributed by atoms with Gasteiger partial charge in [-0.25, -0.2) is 0 Å². The summed E-state index contributed by atoms with van der Waals surface area (Å²) in [6.07, 6.45) is 0.485. The Balaban J connectivity index is 0. The van der Waals surface area contributed by atoms with Gasteiger partial charge in [-0.05, 0) is 32.8 Å². The molecule has 2 N–H and O–H groups in total. The van der Waals surface area contributed by atoms with Crippen LogP contribution in [0.5, 0.6) is 0 Å². The van der Waals surface area contributed by atoms with Gasteiger partial charge in [0.05, 0.1) is 6.04 Å². The molecule has 0 aliphatic heterocycles. The third-order valence-corrected chi connectivity index (χ3v) is 3.33. The second-order valence-electron chi connectivity index (χ2n) is 4.66. The largest absolute Gasteiger partial charge is 0.354 e. The third-order valence-electron chi connectivity index (χ3n) is 2.98. The molecule has 0 saturated carbocycles. The lowest BCUT2D eigenvalue weighted by atomic mass is 10.1. The lowest BCUT2D eigenvalue weighted by Crippen LogP contribution is -2.35. The molecule has 1 rings (SSSR count). The van der Waals surface area contributed by atoms with E-state index in [9.17, 15) is 4.79 Å². The number of carbonyl (C=O) groups is 1. The fourth-order valence-corrected chi connectivity index (χ4v) is 2.12. The van der Waals surface area contributed by atoms with E-state index < -0.39 is 0 Å². The molecule has 0 fully saturated rings. The fraction of sp³-hybridized carbons (Fsp3) is 0.500. The minimum Gasteiger partial charge on any atom is -0.354 e. The lowest BCUT2D eigenvalue weighted by molar-refractivity contribution is -0.121. The Morgan fingerprint density at radius 1 is 1.29 bits per heavy atom. The zero-order chi connectivity index (χ0) is 14.3. The number of likely N-dealkylation sites (N-methyl/N-ethyl adjacent to an activating group) is 1. The number of benzene rings is 1. The molecule has 1 atom stereocenters. The van der Waals surface area contributed by atoms with Gasteiger partial charge < -0.3 is 15.5 Å². The second kappa shape index (κ2) is 12.1. The average molecular weight is 357 g/mol. The van der Waals surface area contributed by atoms with E-state index in [-0.39, 0.29) is 36.8 Å². The quantitative estimate of drug-likeness (QED) is 0.789. The molecule has 0 aliphatic rings. The van der Waals surface area contributed by atoms with Crippen molar-refractivity contribution in [3.05, 3.63) is 34.9 Å². The Kier molecular flexibility index (Phi) is 13.1. The van der Waals surface area contributed by atoms with E-state index in [2.05, 4.69) is 15.5 Å². The molecular formula is C14H24Cl3N3O. The maximum atomic E-state index is 11.6. The summed E-state index contributed by atoms with van der Waals surface area (Å²) in [5.74, 6) is 0.0493. The molecule has 122 valence electrons. The number of hydrogen-bond acceptors (Lipinski definition) is 3. The first-order valence-electron chi connectivity index (χ1n) is 6.38. The Morgan fingerprint density at radius 2 is 1.90 bits per heavy atom. The smallest absolute Gasteiger partial charge is 0.221 e. The monoisotopic (exact) mass is 355 g/mol. The molecule has 1 aromatic carbocycles. The van der Waals surface area contributed by atoms with Gasteiger partial charge in [-0.2, -0.15) is 0 Å². The van der Waals surface area contributed by atoms with E-state index in [1.165, 1.54) is 0 Å². The maximum Gasteiger partial charge on any atom is 0.221 e. The fourth-order valence-electron chi connectivity index (χ4n) is 1.85. The lowest BCUT2D eigenvalue weighted by Gasteiger charge is -2.26. The van der Waals surface area contributed by atoms with Crippen molar-refractivity contribution in [2.75, 3.05) is 34.2 Å².